The van der Waals surface area contributed by atoms with Gasteiger partial charge in [0.05, 0.1) is 22.7 Å². The van der Waals surface area contributed by atoms with Crippen molar-refractivity contribution in [2.75, 3.05) is 31.1 Å². The maximum atomic E-state index is 12.5. The monoisotopic (exact) mass is 316 g/mol. The summed E-state index contributed by atoms with van der Waals surface area (Å²) < 4.78 is 0. The number of likely N-dealkylation sites (N-methyl/N-ethyl adjacent to an activating group) is 1. The van der Waals surface area contributed by atoms with Gasteiger partial charge < -0.3 is 10.0 Å². The van der Waals surface area contributed by atoms with Crippen molar-refractivity contribution in [1.82, 2.24) is 4.90 Å². The summed E-state index contributed by atoms with van der Waals surface area (Å²) in [7, 11) is 0. The van der Waals surface area contributed by atoms with E-state index in [1.54, 1.807) is 23.1 Å². The van der Waals surface area contributed by atoms with Gasteiger partial charge >= 0.3 is 0 Å². The summed E-state index contributed by atoms with van der Waals surface area (Å²) in [5.41, 5.74) is 0.770. The Labute approximate surface area is 128 Å². The molecule has 0 aliphatic carbocycles. The second-order valence-electron chi connectivity index (χ2n) is 4.74. The van der Waals surface area contributed by atoms with Crippen LogP contribution in [-0.2, 0) is 4.79 Å². The second kappa shape index (κ2) is 6.76. The third-order valence-corrected chi connectivity index (χ3v) is 4.37. The molecule has 2 rings (SSSR count). The lowest BCUT2D eigenvalue weighted by Crippen LogP contribution is -2.43. The van der Waals surface area contributed by atoms with Crippen LogP contribution in [0.15, 0.2) is 18.2 Å². The van der Waals surface area contributed by atoms with Gasteiger partial charge in [-0.3, -0.25) is 9.69 Å². The Morgan fingerprint density at radius 2 is 2.15 bits per heavy atom. The fourth-order valence-electron chi connectivity index (χ4n) is 2.58. The van der Waals surface area contributed by atoms with E-state index in [1.165, 1.54) is 0 Å². The molecule has 1 aromatic carbocycles. The number of amides is 1. The van der Waals surface area contributed by atoms with Crippen molar-refractivity contribution in [3.8, 4) is 0 Å². The highest BCUT2D eigenvalue weighted by Crippen LogP contribution is 2.30. The first-order valence-electron chi connectivity index (χ1n) is 6.69. The maximum Gasteiger partial charge on any atom is 0.244 e. The van der Waals surface area contributed by atoms with Gasteiger partial charge in [-0.2, -0.15) is 0 Å². The third-order valence-electron chi connectivity index (χ3n) is 3.63. The molecule has 1 unspecified atom stereocenters. The summed E-state index contributed by atoms with van der Waals surface area (Å²) in [6.45, 7) is 3.97. The number of nitrogens with zero attached hydrogens (tertiary/aromatic N) is 2. The van der Waals surface area contributed by atoms with E-state index in [1.807, 2.05) is 11.8 Å². The first-order valence-corrected chi connectivity index (χ1v) is 7.45. The molecule has 20 heavy (non-hydrogen) atoms. The fraction of sp³-hybridized carbons (Fsp3) is 0.500. The van der Waals surface area contributed by atoms with Crippen molar-refractivity contribution in [2.45, 2.75) is 19.4 Å². The third kappa shape index (κ3) is 3.09. The van der Waals surface area contributed by atoms with Crippen LogP contribution in [0.4, 0.5) is 5.69 Å². The van der Waals surface area contributed by atoms with Crippen molar-refractivity contribution < 1.29 is 9.90 Å². The molecule has 1 heterocycles. The van der Waals surface area contributed by atoms with Crippen LogP contribution in [0.5, 0.6) is 0 Å². The minimum Gasteiger partial charge on any atom is -0.395 e. The summed E-state index contributed by atoms with van der Waals surface area (Å²) in [6, 6.07) is 5.05. The van der Waals surface area contributed by atoms with E-state index in [2.05, 4.69) is 0 Å². The van der Waals surface area contributed by atoms with Gasteiger partial charge in [-0.05, 0) is 31.2 Å². The van der Waals surface area contributed by atoms with Gasteiger partial charge in [-0.25, -0.2) is 0 Å². The predicted molar refractivity (Wildman–Crippen MR) is 81.6 cm³/mol. The van der Waals surface area contributed by atoms with Crippen molar-refractivity contribution >= 4 is 34.8 Å². The molecule has 1 N–H and O–H groups in total. The molecule has 1 aromatic rings. The van der Waals surface area contributed by atoms with Gasteiger partial charge in [0.2, 0.25) is 5.91 Å². The largest absolute Gasteiger partial charge is 0.395 e. The van der Waals surface area contributed by atoms with Gasteiger partial charge in [0.25, 0.3) is 0 Å². The Hall–Kier alpha value is -0.810. The summed E-state index contributed by atoms with van der Waals surface area (Å²) >= 11 is 11.9. The van der Waals surface area contributed by atoms with E-state index in [9.17, 15) is 4.79 Å². The van der Waals surface area contributed by atoms with Gasteiger partial charge in [0, 0.05) is 18.8 Å². The van der Waals surface area contributed by atoms with Crippen LogP contribution >= 0.6 is 23.2 Å². The van der Waals surface area contributed by atoms with Crippen molar-refractivity contribution in [2.24, 2.45) is 0 Å². The van der Waals surface area contributed by atoms with E-state index in [-0.39, 0.29) is 18.6 Å². The lowest BCUT2D eigenvalue weighted by Gasteiger charge is -2.25. The molecule has 1 aliphatic heterocycles. The van der Waals surface area contributed by atoms with Crippen LogP contribution in [0.1, 0.15) is 13.3 Å². The molecule has 6 heteroatoms. The highest BCUT2D eigenvalue weighted by molar-refractivity contribution is 6.42. The average molecular weight is 317 g/mol. The Morgan fingerprint density at radius 3 is 2.75 bits per heavy atom. The summed E-state index contributed by atoms with van der Waals surface area (Å²) in [5, 5.41) is 9.99. The van der Waals surface area contributed by atoms with E-state index in [0.29, 0.717) is 23.1 Å². The molecule has 0 radical (unpaired) electrons. The molecule has 0 aromatic heterocycles. The molecule has 1 aliphatic rings. The minimum atomic E-state index is -0.165. The zero-order valence-corrected chi connectivity index (χ0v) is 12.9. The number of anilines is 1. The number of aliphatic hydroxyl groups is 1. The molecular weight excluding hydrogens is 299 g/mol. The lowest BCUT2D eigenvalue weighted by atomic mass is 10.2. The Kier molecular flexibility index (Phi) is 5.27. The lowest BCUT2D eigenvalue weighted by molar-refractivity contribution is -0.121. The van der Waals surface area contributed by atoms with Crippen LogP contribution in [-0.4, -0.2) is 48.2 Å². The molecule has 4 nitrogen and oxygen atoms in total. The number of aliphatic hydroxyl groups excluding tert-OH is 1. The van der Waals surface area contributed by atoms with Gasteiger partial charge in [-0.15, -0.1) is 0 Å². The van der Waals surface area contributed by atoms with E-state index >= 15 is 0 Å². The molecule has 1 amide bonds. The van der Waals surface area contributed by atoms with Crippen LogP contribution in [0, 0.1) is 0 Å². The first kappa shape index (κ1) is 15.6. The number of carbonyl (C=O) groups excluding carboxylic acids is 1. The molecule has 0 spiro atoms. The Bertz CT molecular complexity index is 496. The van der Waals surface area contributed by atoms with Crippen molar-refractivity contribution in [1.29, 1.82) is 0 Å². The topological polar surface area (TPSA) is 43.8 Å². The summed E-state index contributed by atoms with van der Waals surface area (Å²) in [5.74, 6) is 0.0543. The highest BCUT2D eigenvalue weighted by atomic mass is 35.5. The SMILES string of the molecule is CCN(CCO)C1CCN(c2ccc(Cl)c(Cl)c2)C1=O. The number of rotatable bonds is 5. The molecular formula is C14H18Cl2N2O2. The smallest absolute Gasteiger partial charge is 0.244 e. The normalized spacial score (nSPS) is 19.1. The van der Waals surface area contributed by atoms with Crippen molar-refractivity contribution in [3.63, 3.8) is 0 Å². The van der Waals surface area contributed by atoms with Crippen LogP contribution in [0.25, 0.3) is 0 Å². The number of benzene rings is 1. The summed E-state index contributed by atoms with van der Waals surface area (Å²) in [6.07, 6.45) is 0.757. The molecule has 1 saturated heterocycles. The van der Waals surface area contributed by atoms with Crippen LogP contribution < -0.4 is 4.90 Å². The quantitative estimate of drug-likeness (QED) is 0.907. The van der Waals surface area contributed by atoms with Gasteiger partial charge in [0.15, 0.2) is 0 Å². The molecule has 1 fully saturated rings. The van der Waals surface area contributed by atoms with E-state index in [4.69, 9.17) is 28.3 Å². The Balaban J connectivity index is 2.16. The maximum absolute atomic E-state index is 12.5. The summed E-state index contributed by atoms with van der Waals surface area (Å²) in [4.78, 5) is 16.2. The molecule has 0 bridgehead atoms. The van der Waals surface area contributed by atoms with E-state index in [0.717, 1.165) is 18.7 Å². The molecule has 0 saturated carbocycles. The van der Waals surface area contributed by atoms with Gasteiger partial charge in [0.1, 0.15) is 0 Å². The zero-order chi connectivity index (χ0) is 14.7. The zero-order valence-electron chi connectivity index (χ0n) is 11.4. The van der Waals surface area contributed by atoms with Crippen molar-refractivity contribution in [3.05, 3.63) is 28.2 Å². The van der Waals surface area contributed by atoms with Crippen LogP contribution in [0.3, 0.4) is 0 Å². The highest BCUT2D eigenvalue weighted by Gasteiger charge is 2.35. The number of hydrogen-bond donors (Lipinski definition) is 1. The Morgan fingerprint density at radius 1 is 1.40 bits per heavy atom. The standard InChI is InChI=1S/C14H18Cl2N2O2/c1-2-17(7-8-19)13-5-6-18(14(13)20)10-3-4-11(15)12(16)9-10/h3-4,9,13,19H,2,5-8H2,1H3. The number of carbonyl (C=O) groups is 1. The first-order chi connectivity index (χ1) is 9.58. The number of halogens is 2. The van der Waals surface area contributed by atoms with Crippen LogP contribution in [0.2, 0.25) is 10.0 Å². The predicted octanol–water partition coefficient (Wildman–Crippen LogP) is 2.41. The molecule has 110 valence electrons. The average Bonchev–Trinajstić information content (AvgIpc) is 2.81. The minimum absolute atomic E-state index is 0.0543. The fourth-order valence-corrected chi connectivity index (χ4v) is 2.87. The number of hydrogen-bond acceptors (Lipinski definition) is 3. The second-order valence-corrected chi connectivity index (χ2v) is 5.56. The van der Waals surface area contributed by atoms with Gasteiger partial charge in [-0.1, -0.05) is 30.1 Å². The molecule has 1 atom stereocenters. The van der Waals surface area contributed by atoms with E-state index < -0.39 is 0 Å².